The van der Waals surface area contributed by atoms with E-state index in [0.717, 1.165) is 0 Å². The average Bonchev–Trinajstić information content (AvgIpc) is 3.46. The third-order valence-corrected chi connectivity index (χ3v) is 7.51. The van der Waals surface area contributed by atoms with Crippen LogP contribution in [-0.4, -0.2) is 112 Å². The molecule has 1 fully saturated rings. The number of carboxylic acids is 1. The van der Waals surface area contributed by atoms with Crippen molar-refractivity contribution in [2.24, 2.45) is 23.1 Å². The molecule has 17 nitrogen and oxygen atoms in total. The predicted octanol–water partition coefficient (Wildman–Crippen LogP) is -2.83. The van der Waals surface area contributed by atoms with E-state index in [-0.39, 0.29) is 44.6 Å². The minimum atomic E-state index is -1.68. The van der Waals surface area contributed by atoms with Crippen LogP contribution in [0, 0.1) is 5.92 Å². The number of nitrogens with two attached hydrogens (primary N) is 3. The molecule has 0 radical (unpaired) electrons. The Balaban J connectivity index is 3.21. The summed E-state index contributed by atoms with van der Waals surface area (Å²) in [4.78, 5) is 90.1. The molecule has 7 atom stereocenters. The van der Waals surface area contributed by atoms with Crippen molar-refractivity contribution in [2.45, 2.75) is 121 Å². The normalized spacial score (nSPS) is 18.4. The van der Waals surface area contributed by atoms with Crippen LogP contribution in [0.4, 0.5) is 0 Å². The number of nitrogens with zero attached hydrogens (tertiary/aromatic N) is 1. The van der Waals surface area contributed by atoms with E-state index >= 15 is 0 Å². The fraction of sp³-hybridized carbons (Fsp3) is 0.759. The number of amides is 6. The fourth-order valence-electron chi connectivity index (χ4n) is 5.00. The number of rotatable bonds is 20. The van der Waals surface area contributed by atoms with Crippen LogP contribution in [0.3, 0.4) is 0 Å². The van der Waals surface area contributed by atoms with E-state index in [1.807, 2.05) is 13.8 Å². The maximum atomic E-state index is 13.9. The number of hydrogen-bond acceptors (Lipinski definition) is 10. The number of likely N-dealkylation sites (tertiary alicyclic amines) is 1. The predicted molar refractivity (Wildman–Crippen MR) is 166 cm³/mol. The lowest BCUT2D eigenvalue weighted by molar-refractivity contribution is -0.146. The zero-order valence-corrected chi connectivity index (χ0v) is 27.1. The minimum absolute atomic E-state index is 0.0215. The Hall–Kier alpha value is -3.83. The molecule has 0 aromatic rings. The number of primary amides is 1. The zero-order chi connectivity index (χ0) is 35.1. The second kappa shape index (κ2) is 19.6. The number of carbonyl (C=O) groups excluding carboxylic acids is 6. The summed E-state index contributed by atoms with van der Waals surface area (Å²) in [6.07, 6.45) is 0.189. The van der Waals surface area contributed by atoms with Crippen LogP contribution in [0.2, 0.25) is 0 Å². The SMILES string of the molecule is CC(C)C[C@H](NC(=O)[C@H](C)N)C(=O)N[C@@H](CCCCN)C(=O)N1CCC[C@H]1C(=O)N[C@@H](CCC(N)=O)C(=O)N[C@H](C(=O)O)[C@@H](C)O. The molecule has 262 valence electrons. The van der Waals surface area contributed by atoms with Gasteiger partial charge in [0.2, 0.25) is 35.4 Å². The maximum Gasteiger partial charge on any atom is 0.328 e. The summed E-state index contributed by atoms with van der Waals surface area (Å²) in [5.41, 5.74) is 16.5. The second-order valence-electron chi connectivity index (χ2n) is 12.1. The topological polar surface area (TPSA) is 289 Å². The number of hydrogen-bond donors (Lipinski definition) is 9. The molecule has 46 heavy (non-hydrogen) atoms. The first-order valence-electron chi connectivity index (χ1n) is 15.7. The monoisotopic (exact) mass is 656 g/mol. The molecule has 0 spiro atoms. The summed E-state index contributed by atoms with van der Waals surface area (Å²) in [7, 11) is 0. The summed E-state index contributed by atoms with van der Waals surface area (Å²) in [5, 5.41) is 29.1. The summed E-state index contributed by atoms with van der Waals surface area (Å²) in [6.45, 7) is 6.93. The van der Waals surface area contributed by atoms with Gasteiger partial charge in [0.25, 0.3) is 0 Å². The molecule has 1 rings (SSSR count). The van der Waals surface area contributed by atoms with Crippen LogP contribution in [-0.2, 0) is 33.6 Å². The molecule has 0 aromatic heterocycles. The van der Waals surface area contributed by atoms with Gasteiger partial charge < -0.3 is 53.6 Å². The van der Waals surface area contributed by atoms with Crippen LogP contribution < -0.4 is 38.5 Å². The van der Waals surface area contributed by atoms with Crippen molar-refractivity contribution < 1.29 is 43.8 Å². The highest BCUT2D eigenvalue weighted by Gasteiger charge is 2.40. The largest absolute Gasteiger partial charge is 0.480 e. The standard InChI is InChI=1S/C29H52N8O9/c1-15(2)14-20(35-24(40)16(3)31)26(42)34-19(8-5-6-12-30)28(44)37-13-7-9-21(37)27(43)33-18(10-11-22(32)39)25(41)36-23(17(4)38)29(45)46/h15-21,23,38H,5-14,30-31H2,1-4H3,(H2,32,39)(H,33,43)(H,34,42)(H,35,40)(H,36,41)(H,45,46)/t16-,17+,18-,19-,20-,21-,23-/m0/s1. The summed E-state index contributed by atoms with van der Waals surface area (Å²) in [6, 6.07) is -6.98. The van der Waals surface area contributed by atoms with Gasteiger partial charge in [0, 0.05) is 13.0 Å². The molecule has 0 aliphatic carbocycles. The molecular weight excluding hydrogens is 604 g/mol. The first kappa shape index (κ1) is 40.2. The van der Waals surface area contributed by atoms with E-state index in [0.29, 0.717) is 25.8 Å². The van der Waals surface area contributed by atoms with Gasteiger partial charge in [-0.2, -0.15) is 0 Å². The molecule has 0 saturated carbocycles. The molecule has 1 heterocycles. The highest BCUT2D eigenvalue weighted by Crippen LogP contribution is 2.21. The van der Waals surface area contributed by atoms with Crippen LogP contribution in [0.15, 0.2) is 0 Å². The molecule has 1 saturated heterocycles. The molecule has 0 bridgehead atoms. The Morgan fingerprint density at radius 3 is 1.98 bits per heavy atom. The first-order chi connectivity index (χ1) is 21.5. The van der Waals surface area contributed by atoms with Crippen molar-refractivity contribution >= 4 is 41.4 Å². The van der Waals surface area contributed by atoms with E-state index in [1.165, 1.54) is 18.7 Å². The van der Waals surface area contributed by atoms with Crippen LogP contribution in [0.25, 0.3) is 0 Å². The van der Waals surface area contributed by atoms with Crippen molar-refractivity contribution in [3.05, 3.63) is 0 Å². The number of aliphatic hydroxyl groups excluding tert-OH is 1. The number of aliphatic carboxylic acids is 1. The Labute approximate surface area is 269 Å². The third kappa shape index (κ3) is 13.3. The van der Waals surface area contributed by atoms with Crippen molar-refractivity contribution in [2.75, 3.05) is 13.1 Å². The van der Waals surface area contributed by atoms with Gasteiger partial charge in [-0.05, 0) is 71.3 Å². The van der Waals surface area contributed by atoms with Gasteiger partial charge in [0.1, 0.15) is 24.2 Å². The number of carbonyl (C=O) groups is 7. The lowest BCUT2D eigenvalue weighted by atomic mass is 10.0. The zero-order valence-electron chi connectivity index (χ0n) is 27.1. The van der Waals surface area contributed by atoms with Gasteiger partial charge in [0.15, 0.2) is 6.04 Å². The lowest BCUT2D eigenvalue weighted by Gasteiger charge is -2.31. The number of unbranched alkanes of at least 4 members (excludes halogenated alkanes) is 1. The summed E-state index contributed by atoms with van der Waals surface area (Å²) in [5.74, 6) is -5.59. The van der Waals surface area contributed by atoms with Gasteiger partial charge in [-0.15, -0.1) is 0 Å². The van der Waals surface area contributed by atoms with Gasteiger partial charge in [0.05, 0.1) is 12.1 Å². The van der Waals surface area contributed by atoms with Crippen LogP contribution in [0.1, 0.15) is 79.1 Å². The van der Waals surface area contributed by atoms with Crippen molar-refractivity contribution in [1.29, 1.82) is 0 Å². The molecule has 1 aliphatic heterocycles. The van der Waals surface area contributed by atoms with E-state index in [1.54, 1.807) is 0 Å². The second-order valence-corrected chi connectivity index (χ2v) is 12.1. The van der Waals surface area contributed by atoms with E-state index in [9.17, 15) is 43.8 Å². The molecular formula is C29H52N8O9. The lowest BCUT2D eigenvalue weighted by Crippen LogP contribution is -2.59. The highest BCUT2D eigenvalue weighted by molar-refractivity contribution is 5.96. The summed E-state index contributed by atoms with van der Waals surface area (Å²) < 4.78 is 0. The number of carboxylic acid groups (broad SMARTS) is 1. The van der Waals surface area contributed by atoms with E-state index in [2.05, 4.69) is 21.3 Å². The maximum absolute atomic E-state index is 13.9. The van der Waals surface area contributed by atoms with E-state index < -0.39 is 83.8 Å². The molecule has 0 aromatic carbocycles. The van der Waals surface area contributed by atoms with E-state index in [4.69, 9.17) is 17.2 Å². The van der Waals surface area contributed by atoms with Crippen LogP contribution in [0.5, 0.6) is 0 Å². The summed E-state index contributed by atoms with van der Waals surface area (Å²) >= 11 is 0. The van der Waals surface area contributed by atoms with Gasteiger partial charge in [-0.25, -0.2) is 4.79 Å². The minimum Gasteiger partial charge on any atom is -0.480 e. The highest BCUT2D eigenvalue weighted by atomic mass is 16.4. The van der Waals surface area contributed by atoms with Crippen molar-refractivity contribution in [3.63, 3.8) is 0 Å². The molecule has 12 N–H and O–H groups in total. The molecule has 0 unspecified atom stereocenters. The Morgan fingerprint density at radius 1 is 0.848 bits per heavy atom. The quantitative estimate of drug-likeness (QED) is 0.0602. The average molecular weight is 657 g/mol. The van der Waals surface area contributed by atoms with Gasteiger partial charge >= 0.3 is 5.97 Å². The Bertz CT molecular complexity index is 1080. The smallest absolute Gasteiger partial charge is 0.328 e. The Kier molecular flexibility index (Phi) is 17.2. The fourth-order valence-corrected chi connectivity index (χ4v) is 5.00. The van der Waals surface area contributed by atoms with Crippen molar-refractivity contribution in [3.8, 4) is 0 Å². The van der Waals surface area contributed by atoms with Gasteiger partial charge in [-0.1, -0.05) is 13.8 Å². The third-order valence-electron chi connectivity index (χ3n) is 7.51. The van der Waals surface area contributed by atoms with Crippen molar-refractivity contribution in [1.82, 2.24) is 26.2 Å². The number of nitrogens with one attached hydrogen (secondary N) is 4. The first-order valence-corrected chi connectivity index (χ1v) is 15.7. The molecule has 17 heteroatoms. The Morgan fingerprint density at radius 2 is 1.46 bits per heavy atom. The van der Waals surface area contributed by atoms with Crippen LogP contribution >= 0.6 is 0 Å². The molecule has 1 aliphatic rings. The number of aliphatic hydroxyl groups is 1. The van der Waals surface area contributed by atoms with Gasteiger partial charge in [-0.3, -0.25) is 28.8 Å². The molecule has 6 amide bonds.